The smallest absolute Gasteiger partial charge is 0.410 e. The Balaban J connectivity index is 1.76. The minimum atomic E-state index is -1.17. The highest BCUT2D eigenvalue weighted by molar-refractivity contribution is 5.76. The predicted molar refractivity (Wildman–Crippen MR) is 93.6 cm³/mol. The number of hydrogen-bond donors (Lipinski definition) is 1. The summed E-state index contributed by atoms with van der Waals surface area (Å²) in [5.74, 6) is -0.298. The highest BCUT2D eigenvalue weighted by Crippen LogP contribution is 2.32. The molecule has 7 heteroatoms. The van der Waals surface area contributed by atoms with Crippen LogP contribution in [0.1, 0.15) is 38.7 Å². The average Bonchev–Trinajstić information content (AvgIpc) is 2.80. The van der Waals surface area contributed by atoms with E-state index < -0.39 is 17.9 Å². The maximum atomic E-state index is 14.8. The highest BCUT2D eigenvalue weighted by Gasteiger charge is 2.34. The molecule has 25 heavy (non-hydrogen) atoms. The molecule has 0 aliphatic carbocycles. The van der Waals surface area contributed by atoms with E-state index in [2.05, 4.69) is 4.98 Å². The van der Waals surface area contributed by atoms with Crippen molar-refractivity contribution in [1.29, 1.82) is 0 Å². The average molecular weight is 349 g/mol. The van der Waals surface area contributed by atoms with Gasteiger partial charge < -0.3 is 14.6 Å². The summed E-state index contributed by atoms with van der Waals surface area (Å²) in [4.78, 5) is 28.0. The van der Waals surface area contributed by atoms with E-state index in [1.165, 1.54) is 9.47 Å². The number of hydrogen-bond acceptors (Lipinski definition) is 3. The number of fused-ring (bicyclic) bond motifs is 1. The molecule has 2 atom stereocenters. The molecule has 0 spiro atoms. The summed E-state index contributed by atoms with van der Waals surface area (Å²) in [6, 6.07) is 5.51. The Labute approximate surface area is 145 Å². The van der Waals surface area contributed by atoms with Crippen molar-refractivity contribution in [2.75, 3.05) is 13.1 Å². The van der Waals surface area contributed by atoms with E-state index in [1.54, 1.807) is 33.9 Å². The summed E-state index contributed by atoms with van der Waals surface area (Å²) in [6.07, 6.45) is -1.13. The third-order valence-electron chi connectivity index (χ3n) is 4.55. The van der Waals surface area contributed by atoms with E-state index in [0.29, 0.717) is 13.0 Å². The number of aromatic nitrogens is 2. The monoisotopic (exact) mass is 349 g/mol. The van der Waals surface area contributed by atoms with Crippen molar-refractivity contribution in [3.63, 3.8) is 0 Å². The molecule has 2 heterocycles. The number of likely N-dealkylation sites (tertiary alicyclic amines) is 1. The van der Waals surface area contributed by atoms with Gasteiger partial charge in [0.1, 0.15) is 11.8 Å². The second-order valence-corrected chi connectivity index (χ2v) is 7.60. The first-order valence-electron chi connectivity index (χ1n) is 8.46. The molecule has 0 unspecified atom stereocenters. The zero-order valence-electron chi connectivity index (χ0n) is 15.0. The third-order valence-corrected chi connectivity index (χ3v) is 4.55. The number of H-pyrrole nitrogens is 1. The van der Waals surface area contributed by atoms with Gasteiger partial charge in [-0.15, -0.1) is 0 Å². The van der Waals surface area contributed by atoms with Gasteiger partial charge in [-0.3, -0.25) is 4.57 Å². The molecule has 0 radical (unpaired) electrons. The van der Waals surface area contributed by atoms with Gasteiger partial charge in [0.15, 0.2) is 0 Å². The largest absolute Gasteiger partial charge is 0.444 e. The van der Waals surface area contributed by atoms with E-state index in [-0.39, 0.29) is 18.2 Å². The number of ether oxygens (including phenoxy) is 1. The minimum Gasteiger partial charge on any atom is -0.444 e. The summed E-state index contributed by atoms with van der Waals surface area (Å²) in [5.41, 5.74) is 1.55. The Morgan fingerprint density at radius 1 is 1.36 bits per heavy atom. The SMILES string of the molecule is Cn1c(=O)[nH]c2ccc([C@@H]3CCN(C(=O)OC(C)(C)C)C[C@@H]3F)cc21. The molecule has 2 aromatic rings. The molecule has 0 saturated carbocycles. The number of halogens is 1. The van der Waals surface area contributed by atoms with Crippen molar-refractivity contribution >= 4 is 17.1 Å². The Kier molecular flexibility index (Phi) is 4.34. The summed E-state index contributed by atoms with van der Waals surface area (Å²) in [7, 11) is 1.68. The van der Waals surface area contributed by atoms with Crippen LogP contribution in [0.4, 0.5) is 9.18 Å². The second-order valence-electron chi connectivity index (χ2n) is 7.60. The first kappa shape index (κ1) is 17.5. The third kappa shape index (κ3) is 3.55. The number of nitrogens with one attached hydrogen (secondary N) is 1. The van der Waals surface area contributed by atoms with Crippen LogP contribution in [0.5, 0.6) is 0 Å². The van der Waals surface area contributed by atoms with Crippen LogP contribution in [0.2, 0.25) is 0 Å². The van der Waals surface area contributed by atoms with Crippen molar-refractivity contribution in [3.8, 4) is 0 Å². The van der Waals surface area contributed by atoms with Crippen LogP contribution >= 0.6 is 0 Å². The van der Waals surface area contributed by atoms with E-state index in [9.17, 15) is 14.0 Å². The lowest BCUT2D eigenvalue weighted by atomic mass is 9.88. The van der Waals surface area contributed by atoms with Crippen LogP contribution in [0.3, 0.4) is 0 Å². The van der Waals surface area contributed by atoms with Gasteiger partial charge >= 0.3 is 11.8 Å². The van der Waals surface area contributed by atoms with Gasteiger partial charge in [-0.1, -0.05) is 6.07 Å². The molecular formula is C18H24FN3O3. The van der Waals surface area contributed by atoms with Crippen LogP contribution in [-0.2, 0) is 11.8 Å². The summed E-state index contributed by atoms with van der Waals surface area (Å²) >= 11 is 0. The zero-order valence-corrected chi connectivity index (χ0v) is 15.0. The summed E-state index contributed by atoms with van der Waals surface area (Å²) < 4.78 is 21.6. The highest BCUT2D eigenvalue weighted by atomic mass is 19.1. The number of benzene rings is 1. The van der Waals surface area contributed by atoms with Gasteiger partial charge in [0.25, 0.3) is 0 Å². The van der Waals surface area contributed by atoms with Crippen LogP contribution in [0, 0.1) is 0 Å². The number of nitrogens with zero attached hydrogens (tertiary/aromatic N) is 2. The number of rotatable bonds is 1. The van der Waals surface area contributed by atoms with E-state index >= 15 is 0 Å². The lowest BCUT2D eigenvalue weighted by molar-refractivity contribution is 0.0111. The molecular weight excluding hydrogens is 325 g/mol. The molecule has 1 saturated heterocycles. The number of imidazole rings is 1. The summed E-state index contributed by atoms with van der Waals surface area (Å²) in [5, 5.41) is 0. The lowest BCUT2D eigenvalue weighted by Gasteiger charge is -2.35. The molecule has 1 amide bonds. The maximum absolute atomic E-state index is 14.8. The van der Waals surface area contributed by atoms with Crippen molar-refractivity contribution < 1.29 is 13.9 Å². The van der Waals surface area contributed by atoms with E-state index in [4.69, 9.17) is 4.74 Å². The molecule has 0 bridgehead atoms. The fourth-order valence-electron chi connectivity index (χ4n) is 3.24. The molecule has 1 aromatic carbocycles. The van der Waals surface area contributed by atoms with Gasteiger partial charge in [-0.2, -0.15) is 0 Å². The predicted octanol–water partition coefficient (Wildman–Crippen LogP) is 2.93. The standard InChI is InChI=1S/C18H24FN3O3/c1-18(2,3)25-17(24)22-8-7-12(13(19)10-22)11-5-6-14-15(9-11)21(4)16(23)20-14/h5-6,9,12-13H,7-8,10H2,1-4H3,(H,20,23)/t12-,13-/m0/s1. The number of carbonyl (C=O) groups is 1. The van der Waals surface area contributed by atoms with Gasteiger partial charge in [0.05, 0.1) is 17.6 Å². The lowest BCUT2D eigenvalue weighted by Crippen LogP contribution is -2.46. The molecule has 1 aliphatic rings. The molecule has 1 aliphatic heterocycles. The Morgan fingerprint density at radius 3 is 2.72 bits per heavy atom. The van der Waals surface area contributed by atoms with Gasteiger partial charge in [-0.05, 0) is 44.9 Å². The summed E-state index contributed by atoms with van der Waals surface area (Å²) in [6.45, 7) is 5.84. The number of aromatic amines is 1. The van der Waals surface area contributed by atoms with Crippen molar-refractivity contribution in [2.45, 2.75) is 44.9 Å². The molecule has 136 valence electrons. The molecule has 1 N–H and O–H groups in total. The zero-order chi connectivity index (χ0) is 18.4. The number of carbonyl (C=O) groups excluding carboxylic acids is 1. The molecule has 1 fully saturated rings. The van der Waals surface area contributed by atoms with Crippen LogP contribution in [0.25, 0.3) is 11.0 Å². The number of aryl methyl sites for hydroxylation is 1. The second kappa shape index (κ2) is 6.20. The van der Waals surface area contributed by atoms with E-state index in [0.717, 1.165) is 16.6 Å². The van der Waals surface area contributed by atoms with Gasteiger partial charge in [0.2, 0.25) is 0 Å². The number of piperidine rings is 1. The first-order valence-corrected chi connectivity index (χ1v) is 8.46. The fraction of sp³-hybridized carbons (Fsp3) is 0.556. The molecule has 6 nitrogen and oxygen atoms in total. The molecule has 3 rings (SSSR count). The Hall–Kier alpha value is -2.31. The van der Waals surface area contributed by atoms with Crippen LogP contribution < -0.4 is 5.69 Å². The van der Waals surface area contributed by atoms with Gasteiger partial charge in [0, 0.05) is 19.5 Å². The Bertz CT molecular complexity index is 849. The fourth-order valence-corrected chi connectivity index (χ4v) is 3.24. The van der Waals surface area contributed by atoms with Gasteiger partial charge in [-0.25, -0.2) is 14.0 Å². The van der Waals surface area contributed by atoms with E-state index in [1.807, 2.05) is 12.1 Å². The minimum absolute atomic E-state index is 0.0175. The van der Waals surface area contributed by atoms with Crippen molar-refractivity contribution in [1.82, 2.24) is 14.5 Å². The number of amides is 1. The van der Waals surface area contributed by atoms with Crippen LogP contribution in [-0.4, -0.2) is 45.4 Å². The first-order chi connectivity index (χ1) is 11.7. The molecule has 1 aromatic heterocycles. The normalized spacial score (nSPS) is 21.6. The van der Waals surface area contributed by atoms with Crippen molar-refractivity contribution in [2.24, 2.45) is 7.05 Å². The van der Waals surface area contributed by atoms with Crippen molar-refractivity contribution in [3.05, 3.63) is 34.2 Å². The Morgan fingerprint density at radius 2 is 2.08 bits per heavy atom. The maximum Gasteiger partial charge on any atom is 0.410 e. The quantitative estimate of drug-likeness (QED) is 0.861. The van der Waals surface area contributed by atoms with Crippen LogP contribution in [0.15, 0.2) is 23.0 Å². The topological polar surface area (TPSA) is 67.3 Å². The number of alkyl halides is 1.